The minimum Gasteiger partial charge on any atom is -0.463 e. The largest absolute Gasteiger partial charge is 0.463 e. The Labute approximate surface area is 556 Å². The Hall–Kier alpha value is -9.40. The molecule has 3 saturated heterocycles. The fourth-order valence-corrected chi connectivity index (χ4v) is 11.2. The molecule has 6 unspecified atom stereocenters. The van der Waals surface area contributed by atoms with Crippen molar-refractivity contribution in [2.75, 3.05) is 33.0 Å². The van der Waals surface area contributed by atoms with Gasteiger partial charge in [0.15, 0.2) is 61.6 Å². The van der Waals surface area contributed by atoms with Crippen LogP contribution in [0.2, 0.25) is 0 Å². The van der Waals surface area contributed by atoms with Gasteiger partial charge in [-0.3, -0.25) is 47.9 Å². The molecular weight excluding hydrogens is 1290 g/mol. The van der Waals surface area contributed by atoms with Crippen molar-refractivity contribution in [2.45, 2.75) is 186 Å². The van der Waals surface area contributed by atoms with Crippen LogP contribution in [0, 0.1) is 0 Å². The lowest BCUT2D eigenvalue weighted by Gasteiger charge is -2.50. The molecule has 7 rings (SSSR count). The van der Waals surface area contributed by atoms with Gasteiger partial charge in [0.05, 0.1) is 6.61 Å². The van der Waals surface area contributed by atoms with E-state index in [2.05, 4.69) is 5.32 Å². The topological polar surface area (TPSA) is 383 Å². The predicted octanol–water partition coefficient (Wildman–Crippen LogP) is 3.76. The third-order valence-electron chi connectivity index (χ3n) is 14.9. The summed E-state index contributed by atoms with van der Waals surface area (Å²) in [6.07, 6.45) is -26.0. The third kappa shape index (κ3) is 21.5. The molecule has 1 N–H and O–H groups in total. The van der Waals surface area contributed by atoms with Gasteiger partial charge in [0.1, 0.15) is 69.6 Å². The monoisotopic (exact) mass is 1360 g/mol. The summed E-state index contributed by atoms with van der Waals surface area (Å²) in [4.78, 5) is 156. The number of benzene rings is 3. The summed E-state index contributed by atoms with van der Waals surface area (Å²) in [5.74, 6) is -11.0. The van der Waals surface area contributed by atoms with E-state index in [1.165, 1.54) is 12.2 Å². The minimum absolute atomic E-state index is 0.0658. The van der Waals surface area contributed by atoms with Crippen LogP contribution in [0.1, 0.15) is 98.3 Å². The summed E-state index contributed by atoms with van der Waals surface area (Å²) in [5, 5.41) is 2.61. The molecule has 0 saturated carbocycles. The highest BCUT2D eigenvalue weighted by molar-refractivity contribution is 5.82. The number of hydrogen-bond donors (Lipinski definition) is 1. The SMILES string of the molecule is CC(=O)OCC1O[C@@H](O[C@H]2C(COC(C)=O)O[C@@H](O[C@H]3C(COC(C)=O)O[C@@H](OC/C=C/C[C@H](NC(=O)OCC4c5ccccc5-c5ccccc54)C(=O)OCc4ccccc4)C(OC(C)=O)[C@H]3OC(C)=O)C(OC(C)=O)[C@H]2OC(C)=O)C(OC(C)=O)[C@@H](OC(C)=O)[C@H]1OC(C)=O. The molecule has 1 amide bonds. The van der Waals surface area contributed by atoms with E-state index in [0.29, 0.717) is 5.56 Å². The molecule has 0 spiro atoms. The van der Waals surface area contributed by atoms with E-state index in [0.717, 1.165) is 91.5 Å². The van der Waals surface area contributed by atoms with Crippen molar-refractivity contribution in [3.05, 3.63) is 108 Å². The van der Waals surface area contributed by atoms with Crippen LogP contribution in [0.25, 0.3) is 11.1 Å². The summed E-state index contributed by atoms with van der Waals surface area (Å²) < 4.78 is 105. The number of rotatable bonds is 28. The fourth-order valence-electron chi connectivity index (χ4n) is 11.2. The van der Waals surface area contributed by atoms with Crippen LogP contribution in [0.15, 0.2) is 91.0 Å². The number of ether oxygens (including phenoxy) is 18. The molecule has 4 aliphatic rings. The standard InChI is InChI=1S/C66H77NO30/c1-33(68)81-30-50-53(86-36(4)71)56(87-37(5)72)60(91-41(9)76)64(94-50)97-55-52(32-83-35(3)70)95-65(61(92-42(10)77)58(55)89-39(7)74)96-54-51(31-82-34(2)69)93-63(59(90-40(8)75)57(54)88-38(6)73)80-27-19-18-26-49(62(78)84-28-43-20-12-11-13-21-43)67-66(79)85-29-48-46-24-16-14-22-44(46)45-23-15-17-25-47(45)48/h11-25,48-61,63-65H,26-32H2,1-10H3,(H,67,79)/b19-18+/t49-,50?,51?,52?,53-,54-,55-,56-,57-,58-,59?,60?,61?,63+,64-,65-/m0/s1. The fraction of sp³-hybridized carbons (Fsp3) is 0.515. The predicted molar refractivity (Wildman–Crippen MR) is 322 cm³/mol. The first-order valence-corrected chi connectivity index (χ1v) is 30.6. The van der Waals surface area contributed by atoms with Gasteiger partial charge >= 0.3 is 71.8 Å². The second-order valence-corrected chi connectivity index (χ2v) is 22.4. The van der Waals surface area contributed by atoms with Gasteiger partial charge in [-0.15, -0.1) is 0 Å². The number of hydrogen-bond acceptors (Lipinski definition) is 30. The maximum Gasteiger partial charge on any atom is 0.407 e. The highest BCUT2D eigenvalue weighted by Gasteiger charge is 2.60. The summed E-state index contributed by atoms with van der Waals surface area (Å²) in [7, 11) is 0. The Kier molecular flexibility index (Phi) is 27.5. The van der Waals surface area contributed by atoms with Gasteiger partial charge in [-0.2, -0.15) is 0 Å². The van der Waals surface area contributed by atoms with Crippen molar-refractivity contribution in [1.29, 1.82) is 0 Å². The molecular formula is C66H77NO30. The minimum atomic E-state index is -2.11. The normalized spacial score (nSPS) is 26.0. The number of amides is 1. The second kappa shape index (κ2) is 35.6. The van der Waals surface area contributed by atoms with Gasteiger partial charge in [-0.1, -0.05) is 91.0 Å². The number of fused-ring (bicyclic) bond motifs is 3. The average molecular weight is 1360 g/mol. The van der Waals surface area contributed by atoms with Gasteiger partial charge in [0, 0.05) is 75.2 Å². The Morgan fingerprint density at radius 3 is 1.20 bits per heavy atom. The van der Waals surface area contributed by atoms with E-state index < -0.39 is 196 Å². The quantitative estimate of drug-likeness (QED) is 0.0614. The van der Waals surface area contributed by atoms with E-state index >= 15 is 0 Å². The third-order valence-corrected chi connectivity index (χ3v) is 14.9. The van der Waals surface area contributed by atoms with Gasteiger partial charge in [-0.05, 0) is 34.2 Å². The zero-order valence-corrected chi connectivity index (χ0v) is 54.7. The lowest BCUT2D eigenvalue weighted by atomic mass is 9.95. The first-order valence-electron chi connectivity index (χ1n) is 30.6. The van der Waals surface area contributed by atoms with Crippen LogP contribution in [0.3, 0.4) is 0 Å². The molecule has 0 aromatic heterocycles. The Bertz CT molecular complexity index is 3290. The molecule has 3 heterocycles. The highest BCUT2D eigenvalue weighted by atomic mass is 16.8. The summed E-state index contributed by atoms with van der Waals surface area (Å²) in [5.41, 5.74) is 4.59. The number of nitrogens with one attached hydrogen (secondary N) is 1. The molecule has 31 heteroatoms. The first-order chi connectivity index (χ1) is 46.2. The summed E-state index contributed by atoms with van der Waals surface area (Å²) in [6.45, 7) is 6.92. The van der Waals surface area contributed by atoms with Crippen molar-refractivity contribution in [1.82, 2.24) is 5.32 Å². The number of esters is 11. The van der Waals surface area contributed by atoms with Crippen LogP contribution in [0.5, 0.6) is 0 Å². The molecule has 31 nitrogen and oxygen atoms in total. The number of alkyl carbamates (subject to hydrolysis) is 1. The smallest absolute Gasteiger partial charge is 0.407 e. The van der Waals surface area contributed by atoms with Crippen LogP contribution < -0.4 is 5.32 Å². The van der Waals surface area contributed by atoms with Crippen LogP contribution >= 0.6 is 0 Å². The molecule has 0 radical (unpaired) electrons. The van der Waals surface area contributed by atoms with E-state index in [9.17, 15) is 57.5 Å². The molecule has 16 atom stereocenters. The Balaban J connectivity index is 1.18. The van der Waals surface area contributed by atoms with Gasteiger partial charge < -0.3 is 90.6 Å². The molecule has 3 aliphatic heterocycles. The zero-order chi connectivity index (χ0) is 70.6. The van der Waals surface area contributed by atoms with E-state index in [4.69, 9.17) is 85.3 Å². The lowest BCUT2D eigenvalue weighted by Crippen LogP contribution is -2.69. The molecule has 1 aliphatic carbocycles. The van der Waals surface area contributed by atoms with E-state index in [-0.39, 0.29) is 25.6 Å². The van der Waals surface area contributed by atoms with Crippen molar-refractivity contribution < 1.29 is 143 Å². The maximum absolute atomic E-state index is 13.8. The molecule has 97 heavy (non-hydrogen) atoms. The molecule has 3 fully saturated rings. The Morgan fingerprint density at radius 2 is 0.763 bits per heavy atom. The van der Waals surface area contributed by atoms with E-state index in [1.807, 2.05) is 48.5 Å². The van der Waals surface area contributed by atoms with Crippen LogP contribution in [-0.4, -0.2) is 203 Å². The van der Waals surface area contributed by atoms with Crippen molar-refractivity contribution in [3.63, 3.8) is 0 Å². The summed E-state index contributed by atoms with van der Waals surface area (Å²) in [6, 6.07) is 23.0. The van der Waals surface area contributed by atoms with Gasteiger partial charge in [0.2, 0.25) is 0 Å². The maximum atomic E-state index is 13.8. The Morgan fingerprint density at radius 1 is 0.392 bits per heavy atom. The second-order valence-electron chi connectivity index (χ2n) is 22.4. The first kappa shape index (κ1) is 75.0. The van der Waals surface area contributed by atoms with E-state index in [1.54, 1.807) is 30.3 Å². The summed E-state index contributed by atoms with van der Waals surface area (Å²) >= 11 is 0. The van der Waals surface area contributed by atoms with Crippen molar-refractivity contribution in [2.24, 2.45) is 0 Å². The molecule has 3 aromatic rings. The van der Waals surface area contributed by atoms with Crippen molar-refractivity contribution >= 4 is 71.8 Å². The van der Waals surface area contributed by atoms with Gasteiger partial charge in [-0.25, -0.2) is 9.59 Å². The highest BCUT2D eigenvalue weighted by Crippen LogP contribution is 2.45. The average Bonchev–Trinajstić information content (AvgIpc) is 1.70. The molecule has 526 valence electrons. The zero-order valence-electron chi connectivity index (χ0n) is 54.7. The van der Waals surface area contributed by atoms with Gasteiger partial charge in [0.25, 0.3) is 0 Å². The lowest BCUT2D eigenvalue weighted by molar-refractivity contribution is -0.379. The molecule has 3 aromatic carbocycles. The van der Waals surface area contributed by atoms with Crippen LogP contribution in [-0.2, 0) is 145 Å². The number of carbonyl (C=O) groups excluding carboxylic acids is 12. The van der Waals surface area contributed by atoms with Crippen molar-refractivity contribution in [3.8, 4) is 11.1 Å². The molecule has 0 bridgehead atoms. The number of carbonyl (C=O) groups is 12. The van der Waals surface area contributed by atoms with Crippen LogP contribution in [0.4, 0.5) is 4.79 Å².